The number of amides is 1. The number of carbonyl (C=O) groups excluding carboxylic acids is 1. The van der Waals surface area contributed by atoms with Crippen LogP contribution in [-0.2, 0) is 22.6 Å². The Kier molecular flexibility index (Phi) is 4.02. The van der Waals surface area contributed by atoms with Crippen LogP contribution in [0.1, 0.15) is 18.1 Å². The molecule has 1 heterocycles. The molecule has 0 bridgehead atoms. The summed E-state index contributed by atoms with van der Waals surface area (Å²) in [6.45, 7) is 2.21. The maximum absolute atomic E-state index is 12.0. The van der Waals surface area contributed by atoms with Crippen LogP contribution in [0.3, 0.4) is 0 Å². The van der Waals surface area contributed by atoms with Gasteiger partial charge in [-0.1, -0.05) is 23.2 Å². The summed E-state index contributed by atoms with van der Waals surface area (Å²) in [6.07, 6.45) is 0.633. The summed E-state index contributed by atoms with van der Waals surface area (Å²) in [5.41, 5.74) is 1.87. The summed E-state index contributed by atoms with van der Waals surface area (Å²) >= 11 is 12.1. The van der Waals surface area contributed by atoms with E-state index in [1.165, 1.54) is 11.8 Å². The summed E-state index contributed by atoms with van der Waals surface area (Å²) < 4.78 is 0. The van der Waals surface area contributed by atoms with E-state index in [0.29, 0.717) is 29.6 Å². The van der Waals surface area contributed by atoms with E-state index in [2.05, 4.69) is 0 Å². The first-order chi connectivity index (χ1) is 8.90. The molecule has 1 aromatic rings. The Bertz CT molecular complexity index is 545. The molecule has 1 aliphatic heterocycles. The van der Waals surface area contributed by atoms with Crippen molar-refractivity contribution in [3.05, 3.63) is 33.3 Å². The lowest BCUT2D eigenvalue weighted by Gasteiger charge is -2.30. The number of rotatable bonds is 2. The summed E-state index contributed by atoms with van der Waals surface area (Å²) in [5, 5.41) is 9.97. The SMILES string of the molecule is CC(C(=O)O)C(=O)N1CCc2cc(Cl)cc(Cl)c2C1. The minimum atomic E-state index is -1.11. The molecule has 0 saturated carbocycles. The summed E-state index contributed by atoms with van der Waals surface area (Å²) in [4.78, 5) is 24.4. The zero-order chi connectivity index (χ0) is 14.2. The van der Waals surface area contributed by atoms with Gasteiger partial charge in [-0.25, -0.2) is 0 Å². The van der Waals surface area contributed by atoms with E-state index in [1.807, 2.05) is 6.07 Å². The monoisotopic (exact) mass is 301 g/mol. The van der Waals surface area contributed by atoms with Crippen LogP contribution < -0.4 is 0 Å². The molecule has 1 N–H and O–H groups in total. The van der Waals surface area contributed by atoms with Gasteiger partial charge < -0.3 is 10.0 Å². The maximum Gasteiger partial charge on any atom is 0.315 e. The molecule has 0 radical (unpaired) electrons. The van der Waals surface area contributed by atoms with Crippen LogP contribution in [0.25, 0.3) is 0 Å². The molecule has 0 fully saturated rings. The number of nitrogens with zero attached hydrogens (tertiary/aromatic N) is 1. The van der Waals surface area contributed by atoms with Gasteiger partial charge >= 0.3 is 5.97 Å². The van der Waals surface area contributed by atoms with Gasteiger partial charge in [0.1, 0.15) is 5.92 Å². The highest BCUT2D eigenvalue weighted by Crippen LogP contribution is 2.30. The molecule has 1 amide bonds. The number of aliphatic carboxylic acids is 1. The van der Waals surface area contributed by atoms with Crippen LogP contribution in [0.2, 0.25) is 10.0 Å². The Morgan fingerprint density at radius 1 is 1.37 bits per heavy atom. The molecule has 19 heavy (non-hydrogen) atoms. The average Bonchev–Trinajstić information content (AvgIpc) is 2.36. The van der Waals surface area contributed by atoms with E-state index >= 15 is 0 Å². The molecule has 1 aromatic carbocycles. The molecule has 0 aromatic heterocycles. The smallest absolute Gasteiger partial charge is 0.315 e. The van der Waals surface area contributed by atoms with Crippen LogP contribution >= 0.6 is 23.2 Å². The van der Waals surface area contributed by atoms with Gasteiger partial charge in [0.05, 0.1) is 0 Å². The normalized spacial score (nSPS) is 15.8. The van der Waals surface area contributed by atoms with Gasteiger partial charge in [-0.05, 0) is 36.6 Å². The summed E-state index contributed by atoms with van der Waals surface area (Å²) in [6, 6.07) is 3.47. The second-order valence-electron chi connectivity index (χ2n) is 4.60. The van der Waals surface area contributed by atoms with Gasteiger partial charge in [0.2, 0.25) is 5.91 Å². The largest absolute Gasteiger partial charge is 0.481 e. The number of halogens is 2. The van der Waals surface area contributed by atoms with Gasteiger partial charge in [0.25, 0.3) is 0 Å². The van der Waals surface area contributed by atoms with Crippen molar-refractivity contribution < 1.29 is 14.7 Å². The minimum Gasteiger partial charge on any atom is -0.481 e. The third-order valence-corrected chi connectivity index (χ3v) is 3.86. The van der Waals surface area contributed by atoms with Crippen molar-refractivity contribution in [3.63, 3.8) is 0 Å². The number of hydrogen-bond acceptors (Lipinski definition) is 2. The zero-order valence-corrected chi connectivity index (χ0v) is 11.8. The summed E-state index contributed by atoms with van der Waals surface area (Å²) in [7, 11) is 0. The number of fused-ring (bicyclic) bond motifs is 1. The lowest BCUT2D eigenvalue weighted by atomic mass is 9.98. The van der Waals surface area contributed by atoms with Gasteiger partial charge in [-0.2, -0.15) is 0 Å². The molecule has 1 unspecified atom stereocenters. The van der Waals surface area contributed by atoms with E-state index in [-0.39, 0.29) is 5.91 Å². The van der Waals surface area contributed by atoms with Crippen LogP contribution in [0, 0.1) is 5.92 Å². The quantitative estimate of drug-likeness (QED) is 0.854. The van der Waals surface area contributed by atoms with Crippen molar-refractivity contribution in [2.75, 3.05) is 6.54 Å². The Morgan fingerprint density at radius 3 is 2.68 bits per heavy atom. The molecule has 0 aliphatic carbocycles. The predicted octanol–water partition coefficient (Wildman–Crippen LogP) is 2.60. The van der Waals surface area contributed by atoms with E-state index in [4.69, 9.17) is 28.3 Å². The number of carbonyl (C=O) groups is 2. The third-order valence-electron chi connectivity index (χ3n) is 3.31. The van der Waals surface area contributed by atoms with Crippen LogP contribution in [0.5, 0.6) is 0 Å². The Morgan fingerprint density at radius 2 is 2.05 bits per heavy atom. The molecule has 6 heteroatoms. The first kappa shape index (κ1) is 14.2. The zero-order valence-electron chi connectivity index (χ0n) is 10.3. The Labute approximate surface area is 120 Å². The van der Waals surface area contributed by atoms with Crippen molar-refractivity contribution in [1.82, 2.24) is 4.90 Å². The fraction of sp³-hybridized carbons (Fsp3) is 0.385. The molecule has 4 nitrogen and oxygen atoms in total. The van der Waals surface area contributed by atoms with Gasteiger partial charge in [-0.3, -0.25) is 9.59 Å². The average molecular weight is 302 g/mol. The topological polar surface area (TPSA) is 57.6 Å². The first-order valence-electron chi connectivity index (χ1n) is 5.88. The summed E-state index contributed by atoms with van der Waals surface area (Å²) in [5.74, 6) is -2.53. The molecule has 0 saturated heterocycles. The molecule has 1 atom stereocenters. The number of benzene rings is 1. The van der Waals surface area contributed by atoms with Gasteiger partial charge in [0.15, 0.2) is 0 Å². The fourth-order valence-corrected chi connectivity index (χ4v) is 2.75. The highest BCUT2D eigenvalue weighted by atomic mass is 35.5. The van der Waals surface area contributed by atoms with Crippen molar-refractivity contribution in [2.24, 2.45) is 5.92 Å². The highest BCUT2D eigenvalue weighted by Gasteiger charge is 2.29. The van der Waals surface area contributed by atoms with Gasteiger partial charge in [-0.15, -0.1) is 0 Å². The first-order valence-corrected chi connectivity index (χ1v) is 6.64. The minimum absolute atomic E-state index is 0.335. The lowest BCUT2D eigenvalue weighted by Crippen LogP contribution is -2.41. The standard InChI is InChI=1S/C13H13Cl2NO3/c1-7(13(18)19)12(17)16-3-2-8-4-9(14)5-11(15)10(8)6-16/h4-5,7H,2-3,6H2,1H3,(H,18,19). The van der Waals surface area contributed by atoms with Crippen molar-refractivity contribution in [1.29, 1.82) is 0 Å². The van der Waals surface area contributed by atoms with Crippen molar-refractivity contribution >= 4 is 35.1 Å². The number of carboxylic acids is 1. The van der Waals surface area contributed by atoms with E-state index in [9.17, 15) is 9.59 Å². The predicted molar refractivity (Wildman–Crippen MR) is 72.4 cm³/mol. The number of carboxylic acid groups (broad SMARTS) is 1. The van der Waals surface area contributed by atoms with E-state index < -0.39 is 11.9 Å². The maximum atomic E-state index is 12.0. The Balaban J connectivity index is 2.23. The number of hydrogen-bond donors (Lipinski definition) is 1. The van der Waals surface area contributed by atoms with Crippen LogP contribution in [0.15, 0.2) is 12.1 Å². The lowest BCUT2D eigenvalue weighted by molar-refractivity contribution is -0.150. The molecule has 0 spiro atoms. The second kappa shape index (κ2) is 5.39. The van der Waals surface area contributed by atoms with E-state index in [0.717, 1.165) is 11.1 Å². The fourth-order valence-electron chi connectivity index (χ4n) is 2.15. The van der Waals surface area contributed by atoms with Crippen LogP contribution in [0.4, 0.5) is 0 Å². The third kappa shape index (κ3) is 2.85. The highest BCUT2D eigenvalue weighted by molar-refractivity contribution is 6.35. The molecular weight excluding hydrogens is 289 g/mol. The van der Waals surface area contributed by atoms with Crippen LogP contribution in [-0.4, -0.2) is 28.4 Å². The van der Waals surface area contributed by atoms with Gasteiger partial charge in [0, 0.05) is 23.1 Å². The van der Waals surface area contributed by atoms with Crippen molar-refractivity contribution in [2.45, 2.75) is 19.9 Å². The Hall–Kier alpha value is -1.26. The van der Waals surface area contributed by atoms with Crippen molar-refractivity contribution in [3.8, 4) is 0 Å². The second-order valence-corrected chi connectivity index (χ2v) is 5.44. The molecule has 102 valence electrons. The molecule has 1 aliphatic rings. The molecular formula is C13H13Cl2NO3. The molecule has 2 rings (SSSR count). The van der Waals surface area contributed by atoms with E-state index in [1.54, 1.807) is 6.07 Å².